The van der Waals surface area contributed by atoms with E-state index in [4.69, 9.17) is 0 Å². The molecule has 4 rings (SSSR count). The minimum Gasteiger partial charge on any atom is -0.268 e. The lowest BCUT2D eigenvalue weighted by Crippen LogP contribution is -2.29. The third kappa shape index (κ3) is 2.96. The zero-order valence-corrected chi connectivity index (χ0v) is 15.5. The van der Waals surface area contributed by atoms with E-state index in [0.717, 1.165) is 9.54 Å². The van der Waals surface area contributed by atoms with Gasteiger partial charge in [0.2, 0.25) is 0 Å². The van der Waals surface area contributed by atoms with Crippen LogP contribution < -0.4 is 5.56 Å². The van der Waals surface area contributed by atoms with Crippen molar-refractivity contribution in [2.24, 2.45) is 0 Å². The summed E-state index contributed by atoms with van der Waals surface area (Å²) in [6, 6.07) is 24.3. The molecule has 0 spiro atoms. The number of rotatable bonds is 3. The number of pyridine rings is 1. The van der Waals surface area contributed by atoms with Crippen LogP contribution in [0.4, 0.5) is 0 Å². The summed E-state index contributed by atoms with van der Waals surface area (Å²) in [5.74, 6) is 0. The van der Waals surface area contributed by atoms with Gasteiger partial charge in [0.05, 0.1) is 10.6 Å². The van der Waals surface area contributed by atoms with Gasteiger partial charge < -0.3 is 0 Å². The lowest BCUT2D eigenvalue weighted by atomic mass is 10.1. The van der Waals surface area contributed by atoms with Gasteiger partial charge in [0.1, 0.15) is 0 Å². The summed E-state index contributed by atoms with van der Waals surface area (Å²) in [6.07, 6.45) is 0. The van der Waals surface area contributed by atoms with Crippen molar-refractivity contribution in [3.63, 3.8) is 0 Å². The van der Waals surface area contributed by atoms with Crippen LogP contribution in [0.25, 0.3) is 22.0 Å². The fraction of sp³-hybridized carbons (Fsp3) is 0.0455. The highest BCUT2D eigenvalue weighted by atomic mass is 32.2. The Morgan fingerprint density at radius 1 is 0.778 bits per heavy atom. The van der Waals surface area contributed by atoms with Gasteiger partial charge in [0.25, 0.3) is 15.6 Å². The third-order valence-corrected chi connectivity index (χ3v) is 6.23. The van der Waals surface area contributed by atoms with Gasteiger partial charge >= 0.3 is 0 Å². The van der Waals surface area contributed by atoms with Crippen LogP contribution in [0.15, 0.2) is 94.6 Å². The summed E-state index contributed by atoms with van der Waals surface area (Å²) in [4.78, 5) is 13.3. The fourth-order valence-electron chi connectivity index (χ4n) is 3.11. The first-order chi connectivity index (χ1) is 13.0. The lowest BCUT2D eigenvalue weighted by molar-refractivity contribution is 0.586. The van der Waals surface area contributed by atoms with E-state index in [2.05, 4.69) is 0 Å². The quantitative estimate of drug-likeness (QED) is 0.539. The van der Waals surface area contributed by atoms with Crippen LogP contribution in [0.5, 0.6) is 0 Å². The van der Waals surface area contributed by atoms with Crippen LogP contribution in [-0.2, 0) is 10.0 Å². The summed E-state index contributed by atoms with van der Waals surface area (Å²) in [5.41, 5.74) is 1.41. The Morgan fingerprint density at radius 2 is 1.41 bits per heavy atom. The van der Waals surface area contributed by atoms with E-state index in [1.54, 1.807) is 42.5 Å². The minimum atomic E-state index is -4.05. The molecule has 0 amide bonds. The van der Waals surface area contributed by atoms with Crippen molar-refractivity contribution >= 4 is 20.8 Å². The van der Waals surface area contributed by atoms with E-state index in [-0.39, 0.29) is 4.90 Å². The van der Waals surface area contributed by atoms with Gasteiger partial charge in [-0.3, -0.25) is 4.79 Å². The zero-order chi connectivity index (χ0) is 19.0. The normalized spacial score (nSPS) is 11.6. The number of hydrogen-bond donors (Lipinski definition) is 0. The average Bonchev–Trinajstić information content (AvgIpc) is 2.68. The molecule has 0 saturated carbocycles. The second-order valence-corrected chi connectivity index (χ2v) is 8.16. The summed E-state index contributed by atoms with van der Waals surface area (Å²) in [7, 11) is -4.05. The maximum atomic E-state index is 13.4. The van der Waals surface area contributed by atoms with Crippen LogP contribution in [0.3, 0.4) is 0 Å². The number of benzene rings is 3. The van der Waals surface area contributed by atoms with Crippen LogP contribution in [0.2, 0.25) is 0 Å². The minimum absolute atomic E-state index is 0.0858. The van der Waals surface area contributed by atoms with Crippen LogP contribution in [0, 0.1) is 6.92 Å². The number of aromatic nitrogens is 1. The van der Waals surface area contributed by atoms with Crippen molar-refractivity contribution in [1.29, 1.82) is 0 Å². The predicted molar refractivity (Wildman–Crippen MR) is 107 cm³/mol. The molecule has 0 fully saturated rings. The molecule has 0 bridgehead atoms. The van der Waals surface area contributed by atoms with Gasteiger partial charge in [-0.2, -0.15) is 3.97 Å². The molecule has 0 saturated heterocycles. The van der Waals surface area contributed by atoms with Crippen molar-refractivity contribution in [3.8, 4) is 11.3 Å². The zero-order valence-electron chi connectivity index (χ0n) is 14.7. The predicted octanol–water partition coefficient (Wildman–Crippen LogP) is 4.21. The molecular weight excluding hydrogens is 358 g/mol. The molecule has 0 unspecified atom stereocenters. The lowest BCUT2D eigenvalue weighted by Gasteiger charge is -2.15. The Kier molecular flexibility index (Phi) is 4.16. The number of aryl methyl sites for hydroxylation is 1. The van der Waals surface area contributed by atoms with Gasteiger partial charge in [-0.05, 0) is 42.1 Å². The second-order valence-electron chi connectivity index (χ2n) is 6.37. The number of hydrogen-bond acceptors (Lipinski definition) is 3. The molecule has 3 aromatic carbocycles. The molecule has 134 valence electrons. The van der Waals surface area contributed by atoms with Gasteiger partial charge in [0.15, 0.2) is 0 Å². The average molecular weight is 375 g/mol. The Morgan fingerprint density at radius 3 is 2.11 bits per heavy atom. The largest absolute Gasteiger partial charge is 0.272 e. The van der Waals surface area contributed by atoms with E-state index < -0.39 is 15.6 Å². The maximum absolute atomic E-state index is 13.4. The standard InChI is InChI=1S/C22H17NO3S/c1-16-11-13-19(14-12-16)27(25,26)23-21(17-7-3-2-4-8-17)15-18-9-5-6-10-20(18)22(23)24/h2-15H,1H3. The molecule has 0 aliphatic carbocycles. The van der Waals surface area contributed by atoms with E-state index in [0.29, 0.717) is 22.0 Å². The Bertz CT molecular complexity index is 1290. The summed E-state index contributed by atoms with van der Waals surface area (Å²) in [5, 5.41) is 1.07. The van der Waals surface area contributed by atoms with E-state index in [1.807, 2.05) is 37.3 Å². The van der Waals surface area contributed by atoms with Crippen molar-refractivity contribution in [2.45, 2.75) is 11.8 Å². The first-order valence-corrected chi connectivity index (χ1v) is 9.95. The van der Waals surface area contributed by atoms with Gasteiger partial charge in [-0.1, -0.05) is 66.2 Å². The molecule has 1 aromatic heterocycles. The maximum Gasteiger partial charge on any atom is 0.272 e. The topological polar surface area (TPSA) is 56.1 Å². The SMILES string of the molecule is Cc1ccc(S(=O)(=O)n2c(-c3ccccc3)cc3ccccc3c2=O)cc1. The molecule has 1 heterocycles. The van der Waals surface area contributed by atoms with E-state index in [1.165, 1.54) is 12.1 Å². The molecular formula is C22H17NO3S. The molecule has 0 N–H and O–H groups in total. The first kappa shape index (κ1) is 17.2. The molecule has 27 heavy (non-hydrogen) atoms. The molecule has 0 aliphatic heterocycles. The molecule has 4 aromatic rings. The van der Waals surface area contributed by atoms with Gasteiger partial charge in [-0.15, -0.1) is 0 Å². The van der Waals surface area contributed by atoms with Crippen LogP contribution in [0.1, 0.15) is 5.56 Å². The number of nitrogens with zero attached hydrogens (tertiary/aromatic N) is 1. The molecule has 0 atom stereocenters. The summed E-state index contributed by atoms with van der Waals surface area (Å²) in [6.45, 7) is 1.88. The summed E-state index contributed by atoms with van der Waals surface area (Å²) >= 11 is 0. The summed E-state index contributed by atoms with van der Waals surface area (Å²) < 4.78 is 27.6. The molecule has 4 nitrogen and oxygen atoms in total. The first-order valence-electron chi connectivity index (χ1n) is 8.51. The molecule has 0 radical (unpaired) electrons. The van der Waals surface area contributed by atoms with Crippen molar-refractivity contribution < 1.29 is 8.42 Å². The third-order valence-electron chi connectivity index (χ3n) is 4.52. The Labute approximate surface area is 157 Å². The molecule has 0 aliphatic rings. The Hall–Kier alpha value is -3.18. The van der Waals surface area contributed by atoms with Crippen LogP contribution >= 0.6 is 0 Å². The van der Waals surface area contributed by atoms with Crippen molar-refractivity contribution in [1.82, 2.24) is 3.97 Å². The smallest absolute Gasteiger partial charge is 0.268 e. The van der Waals surface area contributed by atoms with Gasteiger partial charge in [-0.25, -0.2) is 8.42 Å². The van der Waals surface area contributed by atoms with Gasteiger partial charge in [0, 0.05) is 5.39 Å². The van der Waals surface area contributed by atoms with E-state index >= 15 is 0 Å². The second kappa shape index (κ2) is 6.52. The van der Waals surface area contributed by atoms with Crippen LogP contribution in [-0.4, -0.2) is 12.4 Å². The fourth-order valence-corrected chi connectivity index (χ4v) is 4.53. The molecule has 5 heteroatoms. The van der Waals surface area contributed by atoms with Crippen molar-refractivity contribution in [2.75, 3.05) is 0 Å². The highest BCUT2D eigenvalue weighted by Crippen LogP contribution is 2.26. The monoisotopic (exact) mass is 375 g/mol. The Balaban J connectivity index is 2.11. The van der Waals surface area contributed by atoms with E-state index in [9.17, 15) is 13.2 Å². The number of fused-ring (bicyclic) bond motifs is 1. The highest BCUT2D eigenvalue weighted by Gasteiger charge is 2.24. The highest BCUT2D eigenvalue weighted by molar-refractivity contribution is 7.90. The van der Waals surface area contributed by atoms with Crippen molar-refractivity contribution in [3.05, 3.63) is 101 Å².